The molecule has 3 aromatic rings. The summed E-state index contributed by atoms with van der Waals surface area (Å²) in [5.41, 5.74) is 6.26. The predicted molar refractivity (Wildman–Crippen MR) is 122 cm³/mol. The van der Waals surface area contributed by atoms with Gasteiger partial charge in [0.2, 0.25) is 0 Å². The van der Waals surface area contributed by atoms with E-state index in [9.17, 15) is 9.90 Å². The van der Waals surface area contributed by atoms with E-state index >= 15 is 0 Å². The molecule has 3 aromatic carbocycles. The molecule has 0 heterocycles. The zero-order valence-electron chi connectivity index (χ0n) is 18.2. The highest BCUT2D eigenvalue weighted by Gasteiger charge is 2.20. The van der Waals surface area contributed by atoms with Gasteiger partial charge in [0.05, 0.1) is 5.56 Å². The third kappa shape index (κ3) is 4.42. The Labute approximate surface area is 174 Å². The molecule has 0 unspecified atom stereocenters. The molecule has 0 spiro atoms. The van der Waals surface area contributed by atoms with E-state index < -0.39 is 5.97 Å². The van der Waals surface area contributed by atoms with Gasteiger partial charge in [-0.3, -0.25) is 0 Å². The highest BCUT2D eigenvalue weighted by Crippen LogP contribution is 2.34. The van der Waals surface area contributed by atoms with Crippen LogP contribution in [0.3, 0.4) is 0 Å². The molecule has 0 atom stereocenters. The maximum atomic E-state index is 12.2. The third-order valence-corrected chi connectivity index (χ3v) is 5.40. The van der Waals surface area contributed by atoms with Gasteiger partial charge in [-0.1, -0.05) is 108 Å². The van der Waals surface area contributed by atoms with Crippen LogP contribution in [-0.4, -0.2) is 11.1 Å². The summed E-state index contributed by atoms with van der Waals surface area (Å²) in [5.74, 6) is -0.907. The molecular weight excluding hydrogens is 356 g/mol. The van der Waals surface area contributed by atoms with Gasteiger partial charge in [0, 0.05) is 0 Å². The minimum absolute atomic E-state index is 0.0603. The number of carboxylic acids is 1. The van der Waals surface area contributed by atoms with Crippen molar-refractivity contribution >= 4 is 5.97 Å². The number of carbonyl (C=O) groups is 1. The van der Waals surface area contributed by atoms with Crippen LogP contribution in [0.2, 0.25) is 0 Å². The predicted octanol–water partition coefficient (Wildman–Crippen LogP) is 7.31. The summed E-state index contributed by atoms with van der Waals surface area (Å²) in [5, 5.41) is 10.0. The van der Waals surface area contributed by atoms with Crippen LogP contribution < -0.4 is 0 Å². The van der Waals surface area contributed by atoms with Crippen LogP contribution in [0.5, 0.6) is 0 Å². The largest absolute Gasteiger partial charge is 0.478 e. The zero-order chi connectivity index (χ0) is 21.4. The monoisotopic (exact) mass is 386 g/mol. The van der Waals surface area contributed by atoms with Crippen molar-refractivity contribution in [1.29, 1.82) is 0 Å². The molecule has 3 rings (SSSR count). The van der Waals surface area contributed by atoms with Crippen LogP contribution in [0.1, 0.15) is 63.0 Å². The molecule has 0 saturated carbocycles. The smallest absolute Gasteiger partial charge is 0.336 e. The summed E-state index contributed by atoms with van der Waals surface area (Å²) in [6.07, 6.45) is 0. The van der Waals surface area contributed by atoms with Gasteiger partial charge in [0.15, 0.2) is 0 Å². The van der Waals surface area contributed by atoms with E-state index in [2.05, 4.69) is 65.8 Å². The molecule has 150 valence electrons. The van der Waals surface area contributed by atoms with Crippen molar-refractivity contribution in [2.75, 3.05) is 0 Å². The Morgan fingerprint density at radius 1 is 0.621 bits per heavy atom. The lowest BCUT2D eigenvalue weighted by Crippen LogP contribution is -2.11. The Morgan fingerprint density at radius 3 is 1.24 bits per heavy atom. The van der Waals surface area contributed by atoms with Crippen LogP contribution >= 0.6 is 0 Å². The first kappa shape index (κ1) is 20.9. The normalized spacial score (nSPS) is 12.1. The van der Waals surface area contributed by atoms with Crippen LogP contribution in [0.25, 0.3) is 22.3 Å². The molecule has 2 nitrogen and oxygen atoms in total. The first-order valence-electron chi connectivity index (χ1n) is 10.1. The maximum Gasteiger partial charge on any atom is 0.336 e. The Morgan fingerprint density at radius 2 is 0.966 bits per heavy atom. The SMILES string of the molecule is CC(C)(C)c1ccc(-c2cccc(-c3ccc(C(C)(C)C)cc3)c2C(=O)O)cc1. The number of hydrogen-bond acceptors (Lipinski definition) is 1. The van der Waals surface area contributed by atoms with Crippen molar-refractivity contribution in [1.82, 2.24) is 0 Å². The minimum atomic E-state index is -0.907. The summed E-state index contributed by atoms with van der Waals surface area (Å²) in [6, 6.07) is 22.2. The van der Waals surface area contributed by atoms with Gasteiger partial charge >= 0.3 is 5.97 Å². The second-order valence-electron chi connectivity index (χ2n) is 9.69. The Bertz CT molecular complexity index is 936. The van der Waals surface area contributed by atoms with Gasteiger partial charge in [-0.15, -0.1) is 0 Å². The standard InChI is InChI=1S/C27H30O2/c1-26(2,3)20-14-10-18(11-15-20)22-8-7-9-23(24(22)25(28)29)19-12-16-21(17-13-19)27(4,5)6/h7-17H,1-6H3,(H,28,29). The molecule has 0 amide bonds. The maximum absolute atomic E-state index is 12.2. The van der Waals surface area contributed by atoms with Gasteiger partial charge in [-0.2, -0.15) is 0 Å². The Balaban J connectivity index is 2.11. The lowest BCUT2D eigenvalue weighted by Gasteiger charge is -2.20. The van der Waals surface area contributed by atoms with Crippen LogP contribution in [0, 0.1) is 0 Å². The number of hydrogen-bond donors (Lipinski definition) is 1. The van der Waals surface area contributed by atoms with Gasteiger partial charge < -0.3 is 5.11 Å². The van der Waals surface area contributed by atoms with E-state index in [4.69, 9.17) is 0 Å². The number of rotatable bonds is 3. The van der Waals surface area contributed by atoms with Crippen molar-refractivity contribution in [3.63, 3.8) is 0 Å². The van der Waals surface area contributed by atoms with E-state index in [1.54, 1.807) is 0 Å². The molecule has 29 heavy (non-hydrogen) atoms. The Hall–Kier alpha value is -2.87. The van der Waals surface area contributed by atoms with Gasteiger partial charge in [0.25, 0.3) is 0 Å². The van der Waals surface area contributed by atoms with Crippen molar-refractivity contribution in [2.24, 2.45) is 0 Å². The summed E-state index contributed by atoms with van der Waals surface area (Å²) in [4.78, 5) is 12.2. The summed E-state index contributed by atoms with van der Waals surface area (Å²) in [6.45, 7) is 13.0. The van der Waals surface area contributed by atoms with Crippen molar-refractivity contribution in [3.8, 4) is 22.3 Å². The lowest BCUT2D eigenvalue weighted by atomic mass is 9.84. The molecule has 0 saturated heterocycles. The van der Waals surface area contributed by atoms with Gasteiger partial charge in [-0.25, -0.2) is 4.79 Å². The molecule has 0 aliphatic carbocycles. The highest BCUT2D eigenvalue weighted by molar-refractivity contribution is 6.03. The second-order valence-corrected chi connectivity index (χ2v) is 9.69. The topological polar surface area (TPSA) is 37.3 Å². The third-order valence-electron chi connectivity index (χ3n) is 5.40. The van der Waals surface area contributed by atoms with Crippen LogP contribution in [0.4, 0.5) is 0 Å². The number of aromatic carboxylic acids is 1. The van der Waals surface area contributed by atoms with E-state index in [1.807, 2.05) is 42.5 Å². The summed E-state index contributed by atoms with van der Waals surface area (Å²) < 4.78 is 0. The van der Waals surface area contributed by atoms with Crippen LogP contribution in [0.15, 0.2) is 66.7 Å². The van der Waals surface area contributed by atoms with E-state index in [1.165, 1.54) is 11.1 Å². The lowest BCUT2D eigenvalue weighted by molar-refractivity contribution is 0.0698. The molecule has 0 radical (unpaired) electrons. The summed E-state index contributed by atoms with van der Waals surface area (Å²) in [7, 11) is 0. The quantitative estimate of drug-likeness (QED) is 0.512. The molecule has 0 bridgehead atoms. The molecule has 0 fully saturated rings. The molecular formula is C27H30O2. The number of carboxylic acid groups (broad SMARTS) is 1. The molecule has 1 N–H and O–H groups in total. The second kappa shape index (κ2) is 7.51. The first-order valence-corrected chi connectivity index (χ1v) is 10.1. The van der Waals surface area contributed by atoms with E-state index in [-0.39, 0.29) is 10.8 Å². The van der Waals surface area contributed by atoms with Crippen molar-refractivity contribution in [2.45, 2.75) is 52.4 Å². The van der Waals surface area contributed by atoms with E-state index in [0.717, 1.165) is 22.3 Å². The minimum Gasteiger partial charge on any atom is -0.478 e. The Kier molecular flexibility index (Phi) is 5.40. The fraction of sp³-hybridized carbons (Fsp3) is 0.296. The number of benzene rings is 3. The molecule has 0 aliphatic heterocycles. The average molecular weight is 387 g/mol. The molecule has 0 aliphatic rings. The summed E-state index contributed by atoms with van der Waals surface area (Å²) >= 11 is 0. The fourth-order valence-corrected chi connectivity index (χ4v) is 3.56. The zero-order valence-corrected chi connectivity index (χ0v) is 18.2. The van der Waals surface area contributed by atoms with Gasteiger partial charge in [-0.05, 0) is 44.2 Å². The van der Waals surface area contributed by atoms with Crippen LogP contribution in [-0.2, 0) is 10.8 Å². The van der Waals surface area contributed by atoms with Gasteiger partial charge in [0.1, 0.15) is 0 Å². The first-order chi connectivity index (χ1) is 13.5. The average Bonchev–Trinajstić information content (AvgIpc) is 2.66. The fourth-order valence-electron chi connectivity index (χ4n) is 3.56. The van der Waals surface area contributed by atoms with Crippen molar-refractivity contribution < 1.29 is 9.90 Å². The molecule has 0 aromatic heterocycles. The molecule has 2 heteroatoms. The highest BCUT2D eigenvalue weighted by atomic mass is 16.4. The van der Waals surface area contributed by atoms with E-state index in [0.29, 0.717) is 5.56 Å². The van der Waals surface area contributed by atoms with Crippen molar-refractivity contribution in [3.05, 3.63) is 83.4 Å².